The number of hydrogen-bond donors (Lipinski definition) is 1. The molecule has 1 saturated heterocycles. The second kappa shape index (κ2) is 10.1. The third kappa shape index (κ3) is 5.24. The third-order valence-electron chi connectivity index (χ3n) is 4.40. The number of rotatable bonds is 8. The minimum absolute atomic E-state index is 0.177. The Morgan fingerprint density at radius 3 is 2.29 bits per heavy atom. The summed E-state index contributed by atoms with van der Waals surface area (Å²) in [6, 6.07) is 10.7. The summed E-state index contributed by atoms with van der Waals surface area (Å²) in [4.78, 5) is 38.6. The first-order valence-electron chi connectivity index (χ1n) is 10.0. The van der Waals surface area contributed by atoms with E-state index in [9.17, 15) is 14.4 Å². The molecule has 2 aromatic carbocycles. The summed E-state index contributed by atoms with van der Waals surface area (Å²) in [7, 11) is 0. The lowest BCUT2D eigenvalue weighted by Gasteiger charge is -2.26. The molecule has 0 radical (unpaired) electrons. The largest absolute Gasteiger partial charge is 0.494 e. The Hall–Kier alpha value is -3.32. The molecule has 0 aliphatic carbocycles. The second-order valence-corrected chi connectivity index (χ2v) is 7.25. The number of hydrogen-bond acceptors (Lipinski definition) is 5. The van der Waals surface area contributed by atoms with Crippen LogP contribution in [0.4, 0.5) is 10.5 Å². The van der Waals surface area contributed by atoms with Crippen molar-refractivity contribution in [1.29, 1.82) is 0 Å². The number of ether oxygens (including phenoxy) is 2. The Morgan fingerprint density at radius 1 is 0.968 bits per heavy atom. The molecular weight excluding hydrogens is 420 g/mol. The van der Waals surface area contributed by atoms with Crippen LogP contribution in [-0.4, -0.2) is 31.1 Å². The first kappa shape index (κ1) is 22.4. The lowest BCUT2D eigenvalue weighted by molar-refractivity contribution is -0.122. The van der Waals surface area contributed by atoms with Crippen molar-refractivity contribution in [2.75, 3.05) is 18.1 Å². The number of imide groups is 2. The molecule has 1 aliphatic rings. The van der Waals surface area contributed by atoms with Gasteiger partial charge < -0.3 is 9.47 Å². The molecule has 8 heteroatoms. The van der Waals surface area contributed by atoms with Crippen LogP contribution in [-0.2, 0) is 9.59 Å². The summed E-state index contributed by atoms with van der Waals surface area (Å²) >= 11 is 6.24. The van der Waals surface area contributed by atoms with E-state index in [0.29, 0.717) is 41.0 Å². The quantitative estimate of drug-likeness (QED) is 0.477. The molecule has 0 spiro atoms. The Labute approximate surface area is 185 Å². The van der Waals surface area contributed by atoms with Crippen molar-refractivity contribution in [3.63, 3.8) is 0 Å². The maximum absolute atomic E-state index is 13.0. The van der Waals surface area contributed by atoms with Crippen molar-refractivity contribution in [2.24, 2.45) is 0 Å². The zero-order valence-electron chi connectivity index (χ0n) is 17.3. The van der Waals surface area contributed by atoms with Crippen LogP contribution in [0.5, 0.6) is 11.5 Å². The Bertz CT molecular complexity index is 1020. The monoisotopic (exact) mass is 442 g/mol. The van der Waals surface area contributed by atoms with Gasteiger partial charge in [-0.2, -0.15) is 0 Å². The van der Waals surface area contributed by atoms with Gasteiger partial charge in [0.2, 0.25) is 0 Å². The molecule has 2 aromatic rings. The van der Waals surface area contributed by atoms with E-state index in [0.717, 1.165) is 17.7 Å². The molecule has 1 heterocycles. The van der Waals surface area contributed by atoms with Gasteiger partial charge in [-0.25, -0.2) is 9.69 Å². The average molecular weight is 443 g/mol. The van der Waals surface area contributed by atoms with Crippen molar-refractivity contribution in [3.8, 4) is 11.5 Å². The van der Waals surface area contributed by atoms with Crippen LogP contribution in [0, 0.1) is 0 Å². The molecule has 7 nitrogen and oxygen atoms in total. The summed E-state index contributed by atoms with van der Waals surface area (Å²) in [6.07, 6.45) is 3.10. The Morgan fingerprint density at radius 2 is 1.65 bits per heavy atom. The Kier molecular flexibility index (Phi) is 7.31. The molecule has 1 N–H and O–H groups in total. The van der Waals surface area contributed by atoms with Crippen molar-refractivity contribution in [1.82, 2.24) is 5.32 Å². The molecule has 3 rings (SSSR count). The SMILES string of the molecule is CCCOc1ccc(N2C(=O)NC(=O)/C(=C/c3ccc(OCCC)c(Cl)c3)C2=O)cc1. The Balaban J connectivity index is 1.86. The van der Waals surface area contributed by atoms with Crippen LogP contribution in [0.25, 0.3) is 6.08 Å². The summed E-state index contributed by atoms with van der Waals surface area (Å²) < 4.78 is 11.1. The molecule has 0 unspecified atom stereocenters. The van der Waals surface area contributed by atoms with Crippen molar-refractivity contribution in [2.45, 2.75) is 26.7 Å². The second-order valence-electron chi connectivity index (χ2n) is 6.84. The fourth-order valence-electron chi connectivity index (χ4n) is 2.91. The van der Waals surface area contributed by atoms with Gasteiger partial charge in [0.05, 0.1) is 23.9 Å². The van der Waals surface area contributed by atoms with Crippen LogP contribution in [0.1, 0.15) is 32.3 Å². The summed E-state index contributed by atoms with van der Waals surface area (Å²) in [5, 5.41) is 2.56. The van der Waals surface area contributed by atoms with E-state index in [4.69, 9.17) is 21.1 Å². The number of barbiturate groups is 1. The van der Waals surface area contributed by atoms with Crippen LogP contribution < -0.4 is 19.7 Å². The number of carbonyl (C=O) groups excluding carboxylic acids is 3. The summed E-state index contributed by atoms with van der Waals surface area (Å²) in [6.45, 7) is 5.07. The molecule has 31 heavy (non-hydrogen) atoms. The van der Waals surface area contributed by atoms with E-state index < -0.39 is 17.8 Å². The first-order valence-corrected chi connectivity index (χ1v) is 10.4. The maximum atomic E-state index is 13.0. The van der Waals surface area contributed by atoms with Crippen LogP contribution >= 0.6 is 11.6 Å². The molecule has 0 atom stereocenters. The molecule has 0 aromatic heterocycles. The highest BCUT2D eigenvalue weighted by Crippen LogP contribution is 2.28. The third-order valence-corrected chi connectivity index (χ3v) is 4.69. The number of urea groups is 1. The number of halogens is 1. The van der Waals surface area contributed by atoms with Gasteiger partial charge in [0, 0.05) is 0 Å². The van der Waals surface area contributed by atoms with E-state index >= 15 is 0 Å². The molecular formula is C23H23ClN2O5. The van der Waals surface area contributed by atoms with Crippen LogP contribution in [0.2, 0.25) is 5.02 Å². The van der Waals surface area contributed by atoms with Crippen molar-refractivity contribution >= 4 is 41.2 Å². The number of nitrogens with zero attached hydrogens (tertiary/aromatic N) is 1. The lowest BCUT2D eigenvalue weighted by atomic mass is 10.1. The van der Waals surface area contributed by atoms with Crippen LogP contribution in [0.3, 0.4) is 0 Å². The molecule has 0 saturated carbocycles. The zero-order valence-corrected chi connectivity index (χ0v) is 18.1. The van der Waals surface area contributed by atoms with Gasteiger partial charge in [-0.15, -0.1) is 0 Å². The van der Waals surface area contributed by atoms with Gasteiger partial charge >= 0.3 is 6.03 Å². The van der Waals surface area contributed by atoms with Gasteiger partial charge in [-0.3, -0.25) is 14.9 Å². The summed E-state index contributed by atoms with van der Waals surface area (Å²) in [5.74, 6) is -0.343. The van der Waals surface area contributed by atoms with E-state index in [-0.39, 0.29) is 5.57 Å². The normalized spacial score (nSPS) is 15.3. The first-order chi connectivity index (χ1) is 14.9. The zero-order chi connectivity index (χ0) is 22.4. The number of nitrogens with one attached hydrogen (secondary N) is 1. The molecule has 1 fully saturated rings. The van der Waals surface area contributed by atoms with Gasteiger partial charge in [0.15, 0.2) is 0 Å². The smallest absolute Gasteiger partial charge is 0.335 e. The average Bonchev–Trinajstić information content (AvgIpc) is 2.75. The van der Waals surface area contributed by atoms with Gasteiger partial charge in [-0.05, 0) is 60.9 Å². The minimum atomic E-state index is -0.810. The van der Waals surface area contributed by atoms with Gasteiger partial charge in [0.1, 0.15) is 17.1 Å². The predicted octanol–water partition coefficient (Wildman–Crippen LogP) is 4.58. The fraction of sp³-hybridized carbons (Fsp3) is 0.261. The fourth-order valence-corrected chi connectivity index (χ4v) is 3.15. The van der Waals surface area contributed by atoms with Gasteiger partial charge in [0.25, 0.3) is 11.8 Å². The highest BCUT2D eigenvalue weighted by atomic mass is 35.5. The predicted molar refractivity (Wildman–Crippen MR) is 118 cm³/mol. The number of anilines is 1. The minimum Gasteiger partial charge on any atom is -0.494 e. The van der Waals surface area contributed by atoms with Gasteiger partial charge in [-0.1, -0.05) is 31.5 Å². The number of carbonyl (C=O) groups is 3. The van der Waals surface area contributed by atoms with E-state index in [1.54, 1.807) is 42.5 Å². The molecule has 162 valence electrons. The molecule has 1 aliphatic heterocycles. The number of benzene rings is 2. The number of amides is 4. The topological polar surface area (TPSA) is 84.9 Å². The molecule has 4 amide bonds. The van der Waals surface area contributed by atoms with Crippen molar-refractivity contribution in [3.05, 3.63) is 58.6 Å². The highest BCUT2D eigenvalue weighted by Gasteiger charge is 2.36. The molecule has 0 bridgehead atoms. The van der Waals surface area contributed by atoms with E-state index in [2.05, 4.69) is 5.32 Å². The van der Waals surface area contributed by atoms with Crippen LogP contribution in [0.15, 0.2) is 48.0 Å². The standard InChI is InChI=1S/C23H23ClN2O5/c1-3-11-30-17-8-6-16(7-9-17)26-22(28)18(21(27)25-23(26)29)13-15-5-10-20(19(24)14-15)31-12-4-2/h5-10,13-14H,3-4,11-12H2,1-2H3,(H,25,27,29)/b18-13-. The van der Waals surface area contributed by atoms with E-state index in [1.165, 1.54) is 6.08 Å². The van der Waals surface area contributed by atoms with E-state index in [1.807, 2.05) is 13.8 Å². The highest BCUT2D eigenvalue weighted by molar-refractivity contribution is 6.39. The maximum Gasteiger partial charge on any atom is 0.335 e. The van der Waals surface area contributed by atoms with Crippen molar-refractivity contribution < 1.29 is 23.9 Å². The summed E-state index contributed by atoms with van der Waals surface area (Å²) in [5.41, 5.74) is 0.681. The lowest BCUT2D eigenvalue weighted by Crippen LogP contribution is -2.54.